The highest BCUT2D eigenvalue weighted by molar-refractivity contribution is 7.90. The van der Waals surface area contributed by atoms with Crippen LogP contribution in [0.5, 0.6) is 0 Å². The Balaban J connectivity index is 1.63. The summed E-state index contributed by atoms with van der Waals surface area (Å²) in [5.74, 6) is 0. The van der Waals surface area contributed by atoms with E-state index < -0.39 is 9.84 Å². The molecule has 2 fully saturated rings. The van der Waals surface area contributed by atoms with Gasteiger partial charge in [0.05, 0.1) is 4.90 Å². The number of hydrogen-bond donors (Lipinski definition) is 0. The molecule has 0 aromatic heterocycles. The molecule has 2 heterocycles. The Morgan fingerprint density at radius 1 is 1.15 bits per heavy atom. The SMILES string of the molecule is CS(=O)(=O)c1ccc(CN2CCN3CCCC3C2)cc1. The monoisotopic (exact) mass is 294 g/mol. The second-order valence-corrected chi connectivity index (χ2v) is 8.00. The summed E-state index contributed by atoms with van der Waals surface area (Å²) in [7, 11) is -3.08. The van der Waals surface area contributed by atoms with Gasteiger partial charge in [-0.25, -0.2) is 8.42 Å². The molecule has 0 amide bonds. The van der Waals surface area contributed by atoms with Crippen LogP contribution in [0.1, 0.15) is 18.4 Å². The van der Waals surface area contributed by atoms with Crippen LogP contribution < -0.4 is 0 Å². The first-order chi connectivity index (χ1) is 9.52. The Hall–Kier alpha value is -0.910. The molecule has 4 nitrogen and oxygen atoms in total. The zero-order valence-electron chi connectivity index (χ0n) is 12.0. The van der Waals surface area contributed by atoms with E-state index in [0.29, 0.717) is 4.90 Å². The van der Waals surface area contributed by atoms with Crippen LogP contribution in [-0.2, 0) is 16.4 Å². The van der Waals surface area contributed by atoms with Crippen molar-refractivity contribution in [2.75, 3.05) is 32.4 Å². The minimum atomic E-state index is -3.08. The van der Waals surface area contributed by atoms with Gasteiger partial charge in [0.1, 0.15) is 0 Å². The molecule has 0 spiro atoms. The molecule has 2 aliphatic heterocycles. The third-order valence-corrected chi connectivity index (χ3v) is 5.56. The van der Waals surface area contributed by atoms with Crippen LogP contribution in [0.25, 0.3) is 0 Å². The smallest absolute Gasteiger partial charge is 0.175 e. The molecule has 1 unspecified atom stereocenters. The summed E-state index contributed by atoms with van der Waals surface area (Å²) >= 11 is 0. The minimum Gasteiger partial charge on any atom is -0.298 e. The summed E-state index contributed by atoms with van der Waals surface area (Å²) in [6.07, 6.45) is 3.91. The van der Waals surface area contributed by atoms with Crippen LogP contribution in [0, 0.1) is 0 Å². The van der Waals surface area contributed by atoms with Crippen molar-refractivity contribution < 1.29 is 8.42 Å². The third kappa shape index (κ3) is 3.05. The van der Waals surface area contributed by atoms with Crippen LogP contribution >= 0.6 is 0 Å². The predicted molar refractivity (Wildman–Crippen MR) is 79.4 cm³/mol. The number of piperazine rings is 1. The molecule has 1 aromatic rings. The molecule has 20 heavy (non-hydrogen) atoms. The van der Waals surface area contributed by atoms with Crippen molar-refractivity contribution in [1.82, 2.24) is 9.80 Å². The first-order valence-electron chi connectivity index (χ1n) is 7.28. The molecule has 110 valence electrons. The van der Waals surface area contributed by atoms with E-state index in [4.69, 9.17) is 0 Å². The van der Waals surface area contributed by atoms with E-state index in [1.807, 2.05) is 12.1 Å². The second-order valence-electron chi connectivity index (χ2n) is 5.98. The van der Waals surface area contributed by atoms with Gasteiger partial charge in [-0.2, -0.15) is 0 Å². The summed E-state index contributed by atoms with van der Waals surface area (Å²) in [5, 5.41) is 0. The number of fused-ring (bicyclic) bond motifs is 1. The summed E-state index contributed by atoms with van der Waals surface area (Å²) in [6.45, 7) is 5.63. The van der Waals surface area contributed by atoms with Gasteiger partial charge in [-0.1, -0.05) is 12.1 Å². The van der Waals surface area contributed by atoms with E-state index in [1.54, 1.807) is 12.1 Å². The molecule has 0 N–H and O–H groups in total. The van der Waals surface area contributed by atoms with Crippen LogP contribution in [0.3, 0.4) is 0 Å². The molecule has 0 radical (unpaired) electrons. The fraction of sp³-hybridized carbons (Fsp3) is 0.600. The Kier molecular flexibility index (Phi) is 3.84. The minimum absolute atomic E-state index is 0.405. The Morgan fingerprint density at radius 3 is 2.60 bits per heavy atom. The van der Waals surface area contributed by atoms with Crippen molar-refractivity contribution in [2.45, 2.75) is 30.3 Å². The average molecular weight is 294 g/mol. The van der Waals surface area contributed by atoms with Gasteiger partial charge in [-0.15, -0.1) is 0 Å². The van der Waals surface area contributed by atoms with E-state index in [2.05, 4.69) is 9.80 Å². The lowest BCUT2D eigenvalue weighted by Gasteiger charge is -2.37. The molecule has 2 aliphatic rings. The molecule has 0 saturated carbocycles. The molecule has 0 bridgehead atoms. The second kappa shape index (κ2) is 5.47. The summed E-state index contributed by atoms with van der Waals surface area (Å²) in [4.78, 5) is 5.49. The van der Waals surface area contributed by atoms with Crippen molar-refractivity contribution in [3.05, 3.63) is 29.8 Å². The number of nitrogens with zero attached hydrogens (tertiary/aromatic N) is 2. The number of rotatable bonds is 3. The predicted octanol–water partition coefficient (Wildman–Crippen LogP) is 1.37. The molecule has 2 saturated heterocycles. The summed E-state index contributed by atoms with van der Waals surface area (Å²) < 4.78 is 22.9. The van der Waals surface area contributed by atoms with Crippen molar-refractivity contribution in [2.24, 2.45) is 0 Å². The van der Waals surface area contributed by atoms with E-state index in [1.165, 1.54) is 37.8 Å². The fourth-order valence-electron chi connectivity index (χ4n) is 3.30. The molecule has 1 aromatic carbocycles. The topological polar surface area (TPSA) is 40.6 Å². The highest BCUT2D eigenvalue weighted by Crippen LogP contribution is 2.22. The quantitative estimate of drug-likeness (QED) is 0.844. The van der Waals surface area contributed by atoms with E-state index >= 15 is 0 Å². The van der Waals surface area contributed by atoms with Gasteiger partial charge in [0.15, 0.2) is 9.84 Å². The zero-order chi connectivity index (χ0) is 14.2. The molecule has 1 atom stereocenters. The highest BCUT2D eigenvalue weighted by Gasteiger charge is 2.30. The maximum absolute atomic E-state index is 11.4. The average Bonchev–Trinajstić information content (AvgIpc) is 2.86. The Bertz CT molecular complexity index is 568. The lowest BCUT2D eigenvalue weighted by Crippen LogP contribution is -2.49. The largest absolute Gasteiger partial charge is 0.298 e. The van der Waals surface area contributed by atoms with Gasteiger partial charge in [-0.3, -0.25) is 9.80 Å². The van der Waals surface area contributed by atoms with Crippen LogP contribution in [0.2, 0.25) is 0 Å². The third-order valence-electron chi connectivity index (χ3n) is 4.43. The van der Waals surface area contributed by atoms with Crippen molar-refractivity contribution in [3.63, 3.8) is 0 Å². The van der Waals surface area contributed by atoms with Gasteiger partial charge in [0.2, 0.25) is 0 Å². The maximum Gasteiger partial charge on any atom is 0.175 e. The zero-order valence-corrected chi connectivity index (χ0v) is 12.8. The van der Waals surface area contributed by atoms with Gasteiger partial charge < -0.3 is 0 Å². The van der Waals surface area contributed by atoms with E-state index in [0.717, 1.165) is 25.7 Å². The fourth-order valence-corrected chi connectivity index (χ4v) is 3.93. The normalized spacial score (nSPS) is 24.8. The van der Waals surface area contributed by atoms with Crippen LogP contribution in [0.15, 0.2) is 29.2 Å². The number of hydrogen-bond acceptors (Lipinski definition) is 4. The lowest BCUT2D eigenvalue weighted by molar-refractivity contribution is 0.0994. The van der Waals surface area contributed by atoms with Gasteiger partial charge in [0.25, 0.3) is 0 Å². The van der Waals surface area contributed by atoms with Crippen molar-refractivity contribution >= 4 is 9.84 Å². The molecular weight excluding hydrogens is 272 g/mol. The first-order valence-corrected chi connectivity index (χ1v) is 9.17. The Morgan fingerprint density at radius 2 is 1.90 bits per heavy atom. The molecule has 3 rings (SSSR count). The summed E-state index contributed by atoms with van der Waals surface area (Å²) in [5.41, 5.74) is 1.20. The highest BCUT2D eigenvalue weighted by atomic mass is 32.2. The standard InChI is InChI=1S/C15H22N2O2S/c1-20(18,19)15-6-4-13(5-7-15)11-16-9-10-17-8-2-3-14(17)12-16/h4-7,14H,2-3,8-12H2,1H3. The van der Waals surface area contributed by atoms with E-state index in [9.17, 15) is 8.42 Å². The maximum atomic E-state index is 11.4. The van der Waals surface area contributed by atoms with Crippen molar-refractivity contribution in [3.8, 4) is 0 Å². The first kappa shape index (κ1) is 14.0. The van der Waals surface area contributed by atoms with Gasteiger partial charge in [0, 0.05) is 38.5 Å². The van der Waals surface area contributed by atoms with E-state index in [-0.39, 0.29) is 0 Å². The van der Waals surface area contributed by atoms with Crippen LogP contribution in [-0.4, -0.2) is 56.7 Å². The molecular formula is C15H22N2O2S. The van der Waals surface area contributed by atoms with Crippen LogP contribution in [0.4, 0.5) is 0 Å². The molecule has 5 heteroatoms. The number of benzene rings is 1. The molecule has 0 aliphatic carbocycles. The summed E-state index contributed by atoms with van der Waals surface area (Å²) in [6, 6.07) is 8.06. The lowest BCUT2D eigenvalue weighted by atomic mass is 10.1. The van der Waals surface area contributed by atoms with Gasteiger partial charge >= 0.3 is 0 Å². The van der Waals surface area contributed by atoms with Crippen molar-refractivity contribution in [1.29, 1.82) is 0 Å². The van der Waals surface area contributed by atoms with Gasteiger partial charge in [-0.05, 0) is 37.1 Å². The Labute approximate surface area is 121 Å². The number of sulfone groups is 1.